The molecule has 0 heterocycles. The summed E-state index contributed by atoms with van der Waals surface area (Å²) in [6.45, 7) is 0. The fourth-order valence-electron chi connectivity index (χ4n) is 2.92. The van der Waals surface area contributed by atoms with Crippen molar-refractivity contribution in [2.45, 2.75) is 12.5 Å². The molecule has 0 fully saturated rings. The number of benzene rings is 3. The Bertz CT molecular complexity index is 779. The number of likely N-dealkylation sites (N-methyl/N-ethyl adjacent to an activating group) is 1. The van der Waals surface area contributed by atoms with E-state index in [4.69, 9.17) is 0 Å². The van der Waals surface area contributed by atoms with Gasteiger partial charge in [0.15, 0.2) is 0 Å². The van der Waals surface area contributed by atoms with Crippen molar-refractivity contribution in [1.29, 1.82) is 0 Å². The standard InChI is InChI=1S/C20H21NO/c1-21(2)20(18-8-5-9-19(22)14-18)13-15-10-11-16-6-3-4-7-17(16)12-15/h3-12,14,20,22H,13H2,1-2H3. The molecular formula is C20H21NO. The second-order valence-corrected chi connectivity index (χ2v) is 5.96. The van der Waals surface area contributed by atoms with Crippen molar-refractivity contribution in [2.24, 2.45) is 0 Å². The van der Waals surface area contributed by atoms with Crippen LogP contribution in [-0.4, -0.2) is 24.1 Å². The SMILES string of the molecule is CN(C)C(Cc1ccc2ccccc2c1)c1cccc(O)c1. The highest BCUT2D eigenvalue weighted by Crippen LogP contribution is 2.27. The van der Waals surface area contributed by atoms with Gasteiger partial charge < -0.3 is 10.0 Å². The van der Waals surface area contributed by atoms with Crippen LogP contribution in [0.3, 0.4) is 0 Å². The number of phenols is 1. The molecule has 1 atom stereocenters. The van der Waals surface area contributed by atoms with Crippen molar-refractivity contribution in [3.05, 3.63) is 77.9 Å². The molecule has 1 unspecified atom stereocenters. The average molecular weight is 291 g/mol. The lowest BCUT2D eigenvalue weighted by Gasteiger charge is -2.25. The molecule has 2 nitrogen and oxygen atoms in total. The van der Waals surface area contributed by atoms with Gasteiger partial charge in [-0.15, -0.1) is 0 Å². The molecule has 0 radical (unpaired) electrons. The number of hydrogen-bond acceptors (Lipinski definition) is 2. The summed E-state index contributed by atoms with van der Waals surface area (Å²) < 4.78 is 0. The fourth-order valence-corrected chi connectivity index (χ4v) is 2.92. The van der Waals surface area contributed by atoms with E-state index < -0.39 is 0 Å². The summed E-state index contributed by atoms with van der Waals surface area (Å²) in [5.74, 6) is 0.322. The zero-order valence-electron chi connectivity index (χ0n) is 13.0. The highest BCUT2D eigenvalue weighted by molar-refractivity contribution is 5.83. The Morgan fingerprint density at radius 3 is 2.36 bits per heavy atom. The zero-order valence-corrected chi connectivity index (χ0v) is 13.0. The minimum atomic E-state index is 0.244. The summed E-state index contributed by atoms with van der Waals surface area (Å²) in [6, 6.07) is 22.9. The highest BCUT2D eigenvalue weighted by Gasteiger charge is 2.15. The summed E-state index contributed by atoms with van der Waals surface area (Å²) in [4.78, 5) is 2.20. The zero-order chi connectivity index (χ0) is 15.5. The number of fused-ring (bicyclic) bond motifs is 1. The maximum Gasteiger partial charge on any atom is 0.115 e. The van der Waals surface area contributed by atoms with Crippen molar-refractivity contribution in [3.8, 4) is 5.75 Å². The van der Waals surface area contributed by atoms with E-state index in [-0.39, 0.29) is 6.04 Å². The third-order valence-electron chi connectivity index (χ3n) is 4.12. The minimum Gasteiger partial charge on any atom is -0.508 e. The van der Waals surface area contributed by atoms with Gasteiger partial charge in [0.2, 0.25) is 0 Å². The lowest BCUT2D eigenvalue weighted by Crippen LogP contribution is -2.22. The van der Waals surface area contributed by atoms with E-state index in [2.05, 4.69) is 67.5 Å². The van der Waals surface area contributed by atoms with Crippen molar-refractivity contribution < 1.29 is 5.11 Å². The lowest BCUT2D eigenvalue weighted by atomic mass is 9.96. The molecule has 0 amide bonds. The third-order valence-corrected chi connectivity index (χ3v) is 4.12. The molecule has 0 saturated heterocycles. The molecule has 0 spiro atoms. The second-order valence-electron chi connectivity index (χ2n) is 5.96. The first-order chi connectivity index (χ1) is 10.6. The van der Waals surface area contributed by atoms with E-state index >= 15 is 0 Å². The topological polar surface area (TPSA) is 23.5 Å². The molecular weight excluding hydrogens is 270 g/mol. The van der Waals surface area contributed by atoms with Crippen LogP contribution in [0.5, 0.6) is 5.75 Å². The Kier molecular flexibility index (Phi) is 4.12. The van der Waals surface area contributed by atoms with E-state index in [0.29, 0.717) is 5.75 Å². The summed E-state index contributed by atoms with van der Waals surface area (Å²) >= 11 is 0. The van der Waals surface area contributed by atoms with Crippen LogP contribution in [0, 0.1) is 0 Å². The largest absolute Gasteiger partial charge is 0.508 e. The first-order valence-electron chi connectivity index (χ1n) is 7.56. The van der Waals surface area contributed by atoms with Gasteiger partial charge in [0.05, 0.1) is 0 Å². The monoisotopic (exact) mass is 291 g/mol. The molecule has 0 aliphatic heterocycles. The number of nitrogens with zero attached hydrogens (tertiary/aromatic N) is 1. The third kappa shape index (κ3) is 3.12. The maximum atomic E-state index is 9.73. The van der Waals surface area contributed by atoms with E-state index in [0.717, 1.165) is 12.0 Å². The van der Waals surface area contributed by atoms with Crippen molar-refractivity contribution >= 4 is 10.8 Å². The van der Waals surface area contributed by atoms with Crippen LogP contribution in [0.2, 0.25) is 0 Å². The van der Waals surface area contributed by atoms with Crippen molar-refractivity contribution in [3.63, 3.8) is 0 Å². The Morgan fingerprint density at radius 1 is 0.864 bits per heavy atom. The van der Waals surface area contributed by atoms with Gasteiger partial charge >= 0.3 is 0 Å². The van der Waals surface area contributed by atoms with Gasteiger partial charge in [-0.1, -0.05) is 54.6 Å². The Morgan fingerprint density at radius 2 is 1.64 bits per heavy atom. The molecule has 1 N–H and O–H groups in total. The molecule has 0 aromatic heterocycles. The predicted octanol–water partition coefficient (Wildman–Crippen LogP) is 4.39. The van der Waals surface area contributed by atoms with Gasteiger partial charge in [-0.25, -0.2) is 0 Å². The summed E-state index contributed by atoms with van der Waals surface area (Å²) in [5.41, 5.74) is 2.44. The molecule has 0 saturated carbocycles. The molecule has 0 bridgehead atoms. The number of phenolic OH excluding ortho intramolecular Hbond substituents is 1. The predicted molar refractivity (Wildman–Crippen MR) is 92.2 cm³/mol. The van der Waals surface area contributed by atoms with Crippen LogP contribution < -0.4 is 0 Å². The fraction of sp³-hybridized carbons (Fsp3) is 0.200. The van der Waals surface area contributed by atoms with Crippen LogP contribution in [0.1, 0.15) is 17.2 Å². The van der Waals surface area contributed by atoms with E-state index in [1.165, 1.54) is 16.3 Å². The van der Waals surface area contributed by atoms with Crippen LogP contribution in [0.4, 0.5) is 0 Å². The molecule has 0 aliphatic carbocycles. The Hall–Kier alpha value is -2.32. The Balaban J connectivity index is 1.92. The number of aromatic hydroxyl groups is 1. The minimum absolute atomic E-state index is 0.244. The lowest BCUT2D eigenvalue weighted by molar-refractivity contribution is 0.297. The average Bonchev–Trinajstić information content (AvgIpc) is 2.52. The molecule has 3 aromatic rings. The molecule has 3 rings (SSSR count). The normalized spacial score (nSPS) is 12.7. The van der Waals surface area contributed by atoms with Gasteiger partial charge in [-0.05, 0) is 54.5 Å². The maximum absolute atomic E-state index is 9.73. The highest BCUT2D eigenvalue weighted by atomic mass is 16.3. The second kappa shape index (κ2) is 6.20. The quantitative estimate of drug-likeness (QED) is 0.770. The Labute approximate surface area is 131 Å². The van der Waals surface area contributed by atoms with Gasteiger partial charge in [-0.2, -0.15) is 0 Å². The summed E-state index contributed by atoms with van der Waals surface area (Å²) in [6.07, 6.45) is 0.918. The van der Waals surface area contributed by atoms with Gasteiger partial charge in [0.25, 0.3) is 0 Å². The van der Waals surface area contributed by atoms with Gasteiger partial charge in [-0.3, -0.25) is 0 Å². The van der Waals surface area contributed by atoms with Gasteiger partial charge in [0, 0.05) is 6.04 Å². The summed E-state index contributed by atoms with van der Waals surface area (Å²) in [5, 5.41) is 12.3. The molecule has 0 aliphatic rings. The van der Waals surface area contributed by atoms with Crippen LogP contribution in [0.25, 0.3) is 10.8 Å². The molecule has 2 heteroatoms. The van der Waals surface area contributed by atoms with Crippen molar-refractivity contribution in [2.75, 3.05) is 14.1 Å². The molecule has 112 valence electrons. The van der Waals surface area contributed by atoms with Crippen LogP contribution >= 0.6 is 0 Å². The molecule has 3 aromatic carbocycles. The van der Waals surface area contributed by atoms with Crippen LogP contribution in [-0.2, 0) is 6.42 Å². The van der Waals surface area contributed by atoms with E-state index in [1.54, 1.807) is 6.07 Å². The smallest absolute Gasteiger partial charge is 0.115 e. The summed E-state index contributed by atoms with van der Waals surface area (Å²) in [7, 11) is 4.16. The van der Waals surface area contributed by atoms with E-state index in [1.807, 2.05) is 12.1 Å². The number of rotatable bonds is 4. The van der Waals surface area contributed by atoms with Crippen LogP contribution in [0.15, 0.2) is 66.7 Å². The van der Waals surface area contributed by atoms with E-state index in [9.17, 15) is 5.11 Å². The first-order valence-corrected chi connectivity index (χ1v) is 7.56. The van der Waals surface area contributed by atoms with Gasteiger partial charge in [0.1, 0.15) is 5.75 Å². The first kappa shape index (κ1) is 14.6. The van der Waals surface area contributed by atoms with Crippen molar-refractivity contribution in [1.82, 2.24) is 4.90 Å². The number of hydrogen-bond donors (Lipinski definition) is 1. The molecule has 22 heavy (non-hydrogen) atoms.